The average molecular weight is 452 g/mol. The van der Waals surface area contributed by atoms with Crippen LogP contribution in [0.4, 0.5) is 0 Å². The summed E-state index contributed by atoms with van der Waals surface area (Å²) in [4.78, 5) is 25.1. The van der Waals surface area contributed by atoms with Crippen LogP contribution < -0.4 is 10.6 Å². The lowest BCUT2D eigenvalue weighted by Gasteiger charge is -2.25. The third-order valence-corrected chi connectivity index (χ3v) is 8.02. The number of benzene rings is 1. The van der Waals surface area contributed by atoms with Gasteiger partial charge in [0.25, 0.3) is 15.9 Å². The summed E-state index contributed by atoms with van der Waals surface area (Å²) in [6.07, 6.45) is 0.128. The fourth-order valence-electron chi connectivity index (χ4n) is 2.99. The molecule has 1 unspecified atom stereocenters. The minimum Gasteiger partial charge on any atom is -0.379 e. The highest BCUT2D eigenvalue weighted by Gasteiger charge is 2.27. The lowest BCUT2D eigenvalue weighted by atomic mass is 10.1. The molecule has 1 aromatic heterocycles. The van der Waals surface area contributed by atoms with Crippen LogP contribution in [0, 0.1) is 0 Å². The quantitative estimate of drug-likeness (QED) is 0.634. The molecule has 1 atom stereocenters. The van der Waals surface area contributed by atoms with Crippen molar-refractivity contribution in [1.29, 1.82) is 0 Å². The Kier molecular flexibility index (Phi) is 7.59. The van der Waals surface area contributed by atoms with E-state index in [1.165, 1.54) is 4.31 Å². The Bertz CT molecular complexity index is 969. The van der Waals surface area contributed by atoms with Gasteiger partial charge in [0.2, 0.25) is 5.91 Å². The summed E-state index contributed by atoms with van der Waals surface area (Å²) in [5, 5.41) is 5.57. The average Bonchev–Trinajstić information content (AvgIpc) is 3.23. The molecule has 1 aliphatic rings. The first kappa shape index (κ1) is 22.4. The highest BCUT2D eigenvalue weighted by Crippen LogP contribution is 2.25. The number of hydrogen-bond donors (Lipinski definition) is 2. The highest BCUT2D eigenvalue weighted by molar-refractivity contribution is 7.91. The minimum absolute atomic E-state index is 0.128. The zero-order chi connectivity index (χ0) is 21.6. The van der Waals surface area contributed by atoms with E-state index in [0.717, 1.165) is 16.2 Å². The Morgan fingerprint density at radius 2 is 1.83 bits per heavy atom. The Morgan fingerprint density at radius 3 is 2.53 bits per heavy atom. The first-order valence-corrected chi connectivity index (χ1v) is 11.9. The van der Waals surface area contributed by atoms with E-state index in [1.807, 2.05) is 6.07 Å². The van der Waals surface area contributed by atoms with Crippen molar-refractivity contribution in [2.75, 3.05) is 26.3 Å². The van der Waals surface area contributed by atoms with Crippen LogP contribution in [0.15, 0.2) is 46.7 Å². The Labute approximate surface area is 180 Å². The van der Waals surface area contributed by atoms with Crippen molar-refractivity contribution >= 4 is 33.2 Å². The summed E-state index contributed by atoms with van der Waals surface area (Å²) >= 11 is 1.15. The molecular weight excluding hydrogens is 426 g/mol. The van der Waals surface area contributed by atoms with Gasteiger partial charge in [0.15, 0.2) is 0 Å². The van der Waals surface area contributed by atoms with Crippen molar-refractivity contribution in [2.45, 2.75) is 30.1 Å². The number of thiophene rings is 1. The summed E-state index contributed by atoms with van der Waals surface area (Å²) in [5.41, 5.74) is 0.539. The van der Waals surface area contributed by atoms with Gasteiger partial charge in [-0.15, -0.1) is 11.3 Å². The van der Waals surface area contributed by atoms with E-state index in [4.69, 9.17) is 4.74 Å². The number of rotatable bonds is 8. The number of hydrogen-bond acceptors (Lipinski definition) is 6. The van der Waals surface area contributed by atoms with E-state index in [9.17, 15) is 18.0 Å². The number of sulfonamides is 1. The second-order valence-corrected chi connectivity index (χ2v) is 10.3. The molecule has 0 radical (unpaired) electrons. The standard InChI is InChI=1S/C20H25N3O5S2/c1-15(22-20(25)16-5-3-2-4-6-16)13-18(24)21-14-17-7-8-19(29-17)30(26,27)23-9-11-28-12-10-23/h2-8,15H,9-14H2,1H3,(H,21,24)(H,22,25). The molecule has 1 saturated heterocycles. The lowest BCUT2D eigenvalue weighted by Crippen LogP contribution is -2.40. The Balaban J connectivity index is 1.47. The van der Waals surface area contributed by atoms with E-state index in [-0.39, 0.29) is 35.0 Å². The molecule has 1 fully saturated rings. The number of carbonyl (C=O) groups is 2. The number of ether oxygens (including phenoxy) is 1. The maximum Gasteiger partial charge on any atom is 0.252 e. The van der Waals surface area contributed by atoms with Gasteiger partial charge in [0, 0.05) is 36.0 Å². The van der Waals surface area contributed by atoms with Crippen LogP contribution in [-0.2, 0) is 26.1 Å². The maximum absolute atomic E-state index is 12.7. The third-order valence-electron chi connectivity index (χ3n) is 4.57. The van der Waals surface area contributed by atoms with Crippen molar-refractivity contribution in [3.8, 4) is 0 Å². The zero-order valence-corrected chi connectivity index (χ0v) is 18.3. The second-order valence-electron chi connectivity index (χ2n) is 6.96. The Hall–Kier alpha value is -2.27. The van der Waals surface area contributed by atoms with Crippen LogP contribution >= 0.6 is 11.3 Å². The molecule has 0 bridgehead atoms. The predicted molar refractivity (Wildman–Crippen MR) is 114 cm³/mol. The predicted octanol–water partition coefficient (Wildman–Crippen LogP) is 1.59. The topological polar surface area (TPSA) is 105 Å². The summed E-state index contributed by atoms with van der Waals surface area (Å²) < 4.78 is 32.2. The molecule has 162 valence electrons. The van der Waals surface area contributed by atoms with Crippen molar-refractivity contribution in [1.82, 2.24) is 14.9 Å². The smallest absolute Gasteiger partial charge is 0.252 e. The molecule has 10 heteroatoms. The van der Waals surface area contributed by atoms with Gasteiger partial charge in [-0.25, -0.2) is 8.42 Å². The SMILES string of the molecule is CC(CC(=O)NCc1ccc(S(=O)(=O)N2CCOCC2)s1)NC(=O)c1ccccc1. The number of morpholine rings is 1. The van der Waals surface area contributed by atoms with Crippen LogP contribution in [0.2, 0.25) is 0 Å². The van der Waals surface area contributed by atoms with Gasteiger partial charge in [0.1, 0.15) is 4.21 Å². The summed E-state index contributed by atoms with van der Waals surface area (Å²) in [6, 6.07) is 11.7. The van der Waals surface area contributed by atoms with E-state index < -0.39 is 10.0 Å². The lowest BCUT2D eigenvalue weighted by molar-refractivity contribution is -0.121. The molecule has 2 aromatic rings. The number of amides is 2. The van der Waals surface area contributed by atoms with Crippen LogP contribution in [0.1, 0.15) is 28.6 Å². The molecule has 8 nitrogen and oxygen atoms in total. The molecule has 2 N–H and O–H groups in total. The molecule has 0 saturated carbocycles. The highest BCUT2D eigenvalue weighted by atomic mass is 32.2. The molecule has 1 aromatic carbocycles. The normalized spacial score (nSPS) is 16.0. The molecule has 2 amide bonds. The van der Waals surface area contributed by atoms with Gasteiger partial charge < -0.3 is 15.4 Å². The van der Waals surface area contributed by atoms with Crippen LogP contribution in [0.3, 0.4) is 0 Å². The van der Waals surface area contributed by atoms with Gasteiger partial charge >= 0.3 is 0 Å². The van der Waals surface area contributed by atoms with Crippen molar-refractivity contribution < 1.29 is 22.7 Å². The van der Waals surface area contributed by atoms with Gasteiger partial charge in [-0.1, -0.05) is 18.2 Å². The monoisotopic (exact) mass is 451 g/mol. The van der Waals surface area contributed by atoms with Gasteiger partial charge in [0.05, 0.1) is 19.8 Å². The van der Waals surface area contributed by atoms with Crippen molar-refractivity contribution in [3.05, 3.63) is 52.9 Å². The summed E-state index contributed by atoms with van der Waals surface area (Å²) in [6.45, 7) is 3.48. The Morgan fingerprint density at radius 1 is 1.13 bits per heavy atom. The largest absolute Gasteiger partial charge is 0.379 e. The van der Waals surface area contributed by atoms with E-state index >= 15 is 0 Å². The van der Waals surface area contributed by atoms with Crippen molar-refractivity contribution in [3.63, 3.8) is 0 Å². The molecule has 30 heavy (non-hydrogen) atoms. The van der Waals surface area contributed by atoms with Crippen LogP contribution in [0.25, 0.3) is 0 Å². The minimum atomic E-state index is -3.53. The number of nitrogens with zero attached hydrogens (tertiary/aromatic N) is 1. The van der Waals surface area contributed by atoms with Crippen LogP contribution in [0.5, 0.6) is 0 Å². The third kappa shape index (κ3) is 5.88. The zero-order valence-electron chi connectivity index (χ0n) is 16.7. The van der Waals surface area contributed by atoms with Gasteiger partial charge in [-0.05, 0) is 31.2 Å². The number of nitrogens with one attached hydrogen (secondary N) is 2. The van der Waals surface area contributed by atoms with E-state index in [1.54, 1.807) is 43.3 Å². The van der Waals surface area contributed by atoms with E-state index in [0.29, 0.717) is 31.9 Å². The molecule has 0 spiro atoms. The molecule has 2 heterocycles. The summed E-state index contributed by atoms with van der Waals surface area (Å²) in [5.74, 6) is -0.450. The molecule has 1 aliphatic heterocycles. The second kappa shape index (κ2) is 10.2. The first-order valence-electron chi connectivity index (χ1n) is 9.65. The van der Waals surface area contributed by atoms with Crippen molar-refractivity contribution in [2.24, 2.45) is 0 Å². The van der Waals surface area contributed by atoms with E-state index in [2.05, 4.69) is 10.6 Å². The molecule has 3 rings (SSSR count). The summed E-state index contributed by atoms with van der Waals surface area (Å²) in [7, 11) is -3.53. The maximum atomic E-state index is 12.7. The molecular formula is C20H25N3O5S2. The van der Waals surface area contributed by atoms with Crippen LogP contribution in [-0.4, -0.2) is 56.9 Å². The number of carbonyl (C=O) groups excluding carboxylic acids is 2. The van der Waals surface area contributed by atoms with Gasteiger partial charge in [-0.3, -0.25) is 9.59 Å². The van der Waals surface area contributed by atoms with Gasteiger partial charge in [-0.2, -0.15) is 4.31 Å². The fourth-order valence-corrected chi connectivity index (χ4v) is 5.85. The molecule has 0 aliphatic carbocycles. The first-order chi connectivity index (χ1) is 14.4. The fraction of sp³-hybridized carbons (Fsp3) is 0.400.